The summed E-state index contributed by atoms with van der Waals surface area (Å²) in [6.07, 6.45) is 0. The molecule has 1 saturated heterocycles. The minimum Gasteiger partial charge on any atom is -0.508 e. The number of aromatic nitrogens is 2. The highest BCUT2D eigenvalue weighted by atomic mass is 32.2. The van der Waals surface area contributed by atoms with Gasteiger partial charge < -0.3 is 19.7 Å². The number of ketones is 1. The van der Waals surface area contributed by atoms with E-state index in [9.17, 15) is 19.8 Å². The first-order chi connectivity index (χ1) is 19.0. The quantitative estimate of drug-likeness (QED) is 0.111. The molecule has 2 N–H and O–H groups in total. The van der Waals surface area contributed by atoms with Crippen LogP contribution in [-0.2, 0) is 15.3 Å². The number of Topliss-reactive ketones (excluding diaryl/α,β-unsaturated/α-hetero) is 1. The number of aliphatic hydroxyl groups is 1. The van der Waals surface area contributed by atoms with Crippen LogP contribution in [-0.4, -0.2) is 45.3 Å². The monoisotopic (exact) mass is 559 g/mol. The fourth-order valence-corrected chi connectivity index (χ4v) is 6.29. The van der Waals surface area contributed by atoms with Crippen molar-refractivity contribution in [2.45, 2.75) is 16.1 Å². The topological polar surface area (TPSA) is 122 Å². The van der Waals surface area contributed by atoms with E-state index in [2.05, 4.69) is 10.2 Å². The lowest BCUT2D eigenvalue weighted by atomic mass is 9.95. The maximum Gasteiger partial charge on any atom is 0.301 e. The average Bonchev–Trinajstić information content (AvgIpc) is 3.53. The van der Waals surface area contributed by atoms with Gasteiger partial charge in [0.25, 0.3) is 5.78 Å². The molecule has 0 saturated carbocycles. The number of hydrogen-bond donors (Lipinski definition) is 2. The molecule has 1 fully saturated rings. The molecule has 0 unspecified atom stereocenters. The Morgan fingerprint density at radius 3 is 2.56 bits per heavy atom. The fraction of sp³-hybridized carbons (Fsp3) is 0.143. The average molecular weight is 560 g/mol. The van der Waals surface area contributed by atoms with Crippen LogP contribution in [0.2, 0.25) is 0 Å². The number of phenols is 1. The number of hydrogen-bond acceptors (Lipinski definition) is 10. The number of aliphatic hydroxyl groups excluding tert-OH is 1. The molecule has 1 atom stereocenters. The molecule has 1 amide bonds. The van der Waals surface area contributed by atoms with Crippen molar-refractivity contribution in [3.63, 3.8) is 0 Å². The Hall–Kier alpha value is -4.35. The zero-order valence-corrected chi connectivity index (χ0v) is 21.9. The number of ether oxygens (including phenoxy) is 2. The molecule has 3 heterocycles. The number of thioether (sulfide) groups is 1. The smallest absolute Gasteiger partial charge is 0.301 e. The molecule has 2 aliphatic rings. The molecule has 39 heavy (non-hydrogen) atoms. The van der Waals surface area contributed by atoms with Crippen LogP contribution in [0.3, 0.4) is 0 Å². The normalized spacial score (nSPS) is 17.9. The lowest BCUT2D eigenvalue weighted by molar-refractivity contribution is -0.132. The maximum atomic E-state index is 13.4. The van der Waals surface area contributed by atoms with Crippen molar-refractivity contribution in [1.82, 2.24) is 10.2 Å². The lowest BCUT2D eigenvalue weighted by Crippen LogP contribution is -2.29. The fourth-order valence-electron chi connectivity index (χ4n) is 4.46. The van der Waals surface area contributed by atoms with E-state index in [1.54, 1.807) is 30.3 Å². The first kappa shape index (κ1) is 25.0. The van der Waals surface area contributed by atoms with Crippen molar-refractivity contribution >= 4 is 45.7 Å². The summed E-state index contributed by atoms with van der Waals surface area (Å²) in [5, 5.41) is 30.2. The minimum atomic E-state index is -1.04. The lowest BCUT2D eigenvalue weighted by Gasteiger charge is -2.23. The third-order valence-corrected chi connectivity index (χ3v) is 8.38. The highest BCUT2D eigenvalue weighted by Gasteiger charge is 2.48. The van der Waals surface area contributed by atoms with Crippen LogP contribution in [0.5, 0.6) is 17.2 Å². The molecule has 2 aliphatic heterocycles. The predicted octanol–water partition coefficient (Wildman–Crippen LogP) is 4.93. The summed E-state index contributed by atoms with van der Waals surface area (Å²) in [5.74, 6) is -0.524. The Balaban J connectivity index is 1.40. The van der Waals surface area contributed by atoms with Gasteiger partial charge in [0.05, 0.1) is 11.6 Å². The summed E-state index contributed by atoms with van der Waals surface area (Å²) in [7, 11) is 0. The molecule has 9 nitrogen and oxygen atoms in total. The van der Waals surface area contributed by atoms with Gasteiger partial charge in [-0.25, -0.2) is 0 Å². The summed E-state index contributed by atoms with van der Waals surface area (Å²) in [6, 6.07) is 19.9. The van der Waals surface area contributed by atoms with E-state index in [1.807, 2.05) is 30.3 Å². The predicted molar refractivity (Wildman–Crippen MR) is 146 cm³/mol. The van der Waals surface area contributed by atoms with Gasteiger partial charge in [0.2, 0.25) is 5.13 Å². The highest BCUT2D eigenvalue weighted by molar-refractivity contribution is 8.00. The largest absolute Gasteiger partial charge is 0.508 e. The number of benzene rings is 3. The molecule has 4 aromatic rings. The summed E-state index contributed by atoms with van der Waals surface area (Å²) < 4.78 is 11.8. The second-order valence-corrected chi connectivity index (χ2v) is 10.9. The standard InChI is InChI=1S/C28H21N3O6S2/c32-19-8-4-7-17(13-19)23-22(24(33)18-9-10-20-21(14-18)37-12-11-36-20)25(34)26(35)31(23)27-29-30-28(39-27)38-15-16-5-2-1-3-6-16/h1-10,13-14,23,32-33H,11-12,15H2/t23-/m1/s1. The second-order valence-electron chi connectivity index (χ2n) is 8.75. The van der Waals surface area contributed by atoms with Crippen LogP contribution in [0, 0.1) is 0 Å². The summed E-state index contributed by atoms with van der Waals surface area (Å²) >= 11 is 2.64. The van der Waals surface area contributed by atoms with Crippen molar-refractivity contribution in [1.29, 1.82) is 0 Å². The van der Waals surface area contributed by atoms with Crippen molar-refractivity contribution in [3.8, 4) is 17.2 Å². The first-order valence-corrected chi connectivity index (χ1v) is 13.8. The van der Waals surface area contributed by atoms with Gasteiger partial charge in [-0.05, 0) is 41.5 Å². The van der Waals surface area contributed by atoms with Crippen LogP contribution in [0.1, 0.15) is 22.7 Å². The van der Waals surface area contributed by atoms with Crippen LogP contribution in [0.4, 0.5) is 5.13 Å². The van der Waals surface area contributed by atoms with E-state index in [-0.39, 0.29) is 22.2 Å². The number of aromatic hydroxyl groups is 1. The number of phenolic OH excluding ortho intramolecular Hbond substituents is 1. The summed E-state index contributed by atoms with van der Waals surface area (Å²) in [6.45, 7) is 0.765. The second kappa shape index (κ2) is 10.4. The van der Waals surface area contributed by atoms with E-state index in [1.165, 1.54) is 40.1 Å². The number of anilines is 1. The number of nitrogens with zero attached hydrogens (tertiary/aromatic N) is 3. The molecule has 6 rings (SSSR count). The third-order valence-electron chi connectivity index (χ3n) is 6.25. The van der Waals surface area contributed by atoms with Gasteiger partial charge in [-0.2, -0.15) is 0 Å². The Kier molecular flexibility index (Phi) is 6.67. The molecule has 1 aromatic heterocycles. The van der Waals surface area contributed by atoms with E-state index >= 15 is 0 Å². The number of fused-ring (bicyclic) bond motifs is 1. The molecule has 11 heteroatoms. The molecule has 0 aliphatic carbocycles. The van der Waals surface area contributed by atoms with Gasteiger partial charge in [0.15, 0.2) is 15.8 Å². The van der Waals surface area contributed by atoms with Crippen LogP contribution < -0.4 is 14.4 Å². The van der Waals surface area contributed by atoms with E-state index < -0.39 is 17.7 Å². The molecular formula is C28H21N3O6S2. The number of rotatable bonds is 6. The zero-order chi connectivity index (χ0) is 26.9. The van der Waals surface area contributed by atoms with E-state index in [4.69, 9.17) is 9.47 Å². The third kappa shape index (κ3) is 4.82. The SMILES string of the molecule is O=C1C(=O)N(c2nnc(SCc3ccccc3)s2)[C@H](c2cccc(O)c2)C1=C(O)c1ccc2c(c1)OCCO2. The van der Waals surface area contributed by atoms with Gasteiger partial charge in [0, 0.05) is 11.3 Å². The molecular weight excluding hydrogens is 538 g/mol. The minimum absolute atomic E-state index is 0.0474. The summed E-state index contributed by atoms with van der Waals surface area (Å²) in [5.41, 5.74) is 1.70. The zero-order valence-electron chi connectivity index (χ0n) is 20.3. The van der Waals surface area contributed by atoms with Crippen molar-refractivity contribution in [2.24, 2.45) is 0 Å². The number of amides is 1. The van der Waals surface area contributed by atoms with Gasteiger partial charge in [0.1, 0.15) is 24.7 Å². The Morgan fingerprint density at radius 1 is 0.974 bits per heavy atom. The summed E-state index contributed by atoms with van der Waals surface area (Å²) in [4.78, 5) is 28.0. The number of carbonyl (C=O) groups excluding carboxylic acids is 2. The molecule has 196 valence electrons. The van der Waals surface area contributed by atoms with Gasteiger partial charge in [-0.3, -0.25) is 14.5 Å². The Bertz CT molecular complexity index is 1600. The molecule has 0 radical (unpaired) electrons. The van der Waals surface area contributed by atoms with E-state index in [0.717, 1.165) is 5.56 Å². The Labute approximate surface area is 231 Å². The van der Waals surface area contributed by atoms with Crippen molar-refractivity contribution in [3.05, 3.63) is 95.1 Å². The van der Waals surface area contributed by atoms with Gasteiger partial charge in [-0.15, -0.1) is 10.2 Å². The maximum absolute atomic E-state index is 13.4. The first-order valence-electron chi connectivity index (χ1n) is 12.0. The van der Waals surface area contributed by atoms with Crippen molar-refractivity contribution in [2.75, 3.05) is 18.1 Å². The molecule has 0 bridgehead atoms. The van der Waals surface area contributed by atoms with Gasteiger partial charge >= 0.3 is 5.91 Å². The highest BCUT2D eigenvalue weighted by Crippen LogP contribution is 2.45. The van der Waals surface area contributed by atoms with Crippen LogP contribution in [0.25, 0.3) is 5.76 Å². The van der Waals surface area contributed by atoms with Gasteiger partial charge in [-0.1, -0.05) is 65.6 Å². The van der Waals surface area contributed by atoms with Crippen LogP contribution >= 0.6 is 23.1 Å². The van der Waals surface area contributed by atoms with E-state index in [0.29, 0.717) is 45.9 Å². The number of carbonyl (C=O) groups is 2. The van der Waals surface area contributed by atoms with Crippen LogP contribution in [0.15, 0.2) is 82.7 Å². The Morgan fingerprint density at radius 2 is 1.77 bits per heavy atom. The molecule has 0 spiro atoms. The van der Waals surface area contributed by atoms with Crippen molar-refractivity contribution < 1.29 is 29.3 Å². The molecule has 3 aromatic carbocycles.